The lowest BCUT2D eigenvalue weighted by Gasteiger charge is -2.22. The van der Waals surface area contributed by atoms with E-state index in [1.165, 1.54) is 18.3 Å². The quantitative estimate of drug-likeness (QED) is 0.402. The van der Waals surface area contributed by atoms with Gasteiger partial charge in [0.1, 0.15) is 11.6 Å². The number of carbonyl (C=O) groups is 1. The second-order valence-electron chi connectivity index (χ2n) is 8.46. The number of hydrogen-bond donors (Lipinski definition) is 1. The maximum absolute atomic E-state index is 13.2. The number of furan rings is 1. The molecule has 0 bridgehead atoms. The van der Waals surface area contributed by atoms with E-state index in [2.05, 4.69) is 20.5 Å². The molecule has 1 amide bonds. The highest BCUT2D eigenvalue weighted by Gasteiger charge is 2.41. The maximum atomic E-state index is 13.2. The summed E-state index contributed by atoms with van der Waals surface area (Å²) in [6.07, 6.45) is -1.57. The lowest BCUT2D eigenvalue weighted by Crippen LogP contribution is -2.45. The van der Waals surface area contributed by atoms with Crippen molar-refractivity contribution >= 4 is 26.9 Å². The molecule has 0 saturated carbocycles. The molecule has 1 aliphatic rings. The van der Waals surface area contributed by atoms with Gasteiger partial charge in [0.05, 0.1) is 29.7 Å². The van der Waals surface area contributed by atoms with Gasteiger partial charge in [0.15, 0.2) is 0 Å². The van der Waals surface area contributed by atoms with Crippen LogP contribution in [-0.2, 0) is 27.5 Å². The Morgan fingerprint density at radius 3 is 2.68 bits per heavy atom. The van der Waals surface area contributed by atoms with E-state index >= 15 is 0 Å². The smallest absolute Gasteiger partial charge is 0.417 e. The number of halogens is 3. The Bertz CT molecular complexity index is 1520. The normalized spacial score (nSPS) is 16.8. The Hall–Kier alpha value is -3.84. The van der Waals surface area contributed by atoms with E-state index in [1.54, 1.807) is 30.3 Å². The fraction of sp³-hybridized carbons (Fsp3) is 0.250. The largest absolute Gasteiger partial charge is 0.443 e. The Morgan fingerprint density at radius 1 is 1.14 bits per heavy atom. The molecule has 3 aromatic heterocycles. The van der Waals surface area contributed by atoms with Crippen LogP contribution in [0.1, 0.15) is 24.1 Å². The first-order valence-electron chi connectivity index (χ1n) is 11.3. The molecule has 13 heteroatoms. The van der Waals surface area contributed by atoms with Crippen LogP contribution < -0.4 is 5.32 Å². The number of alkyl halides is 3. The SMILES string of the molecule is O=C(NCc1cc(-c2ccc(C(F)(F)F)cn2)cnn1)[C@@H]1CCCN1S(=O)(=O)c1cc2ccccc2o1. The third-order valence-electron chi connectivity index (χ3n) is 6.01. The fourth-order valence-corrected chi connectivity index (χ4v) is 5.76. The minimum Gasteiger partial charge on any atom is -0.443 e. The Balaban J connectivity index is 1.28. The number of pyridine rings is 1. The Morgan fingerprint density at radius 2 is 1.95 bits per heavy atom. The summed E-state index contributed by atoms with van der Waals surface area (Å²) in [5, 5.41) is 10.9. The van der Waals surface area contributed by atoms with Crippen LogP contribution >= 0.6 is 0 Å². The van der Waals surface area contributed by atoms with Crippen LogP contribution in [0, 0.1) is 0 Å². The average molecular weight is 532 g/mol. The second kappa shape index (κ2) is 9.56. The summed E-state index contributed by atoms with van der Waals surface area (Å²) in [6.45, 7) is 0.113. The van der Waals surface area contributed by atoms with E-state index in [4.69, 9.17) is 4.42 Å². The van der Waals surface area contributed by atoms with Crippen molar-refractivity contribution in [2.24, 2.45) is 0 Å². The molecular weight excluding hydrogens is 511 g/mol. The summed E-state index contributed by atoms with van der Waals surface area (Å²) in [6, 6.07) is 11.1. The Labute approximate surface area is 209 Å². The van der Waals surface area contributed by atoms with Gasteiger partial charge in [-0.05, 0) is 37.1 Å². The Kier molecular flexibility index (Phi) is 6.42. The van der Waals surface area contributed by atoms with Crippen molar-refractivity contribution in [3.8, 4) is 11.3 Å². The summed E-state index contributed by atoms with van der Waals surface area (Å²) < 4.78 is 71.5. The van der Waals surface area contributed by atoms with E-state index in [9.17, 15) is 26.4 Å². The third kappa shape index (κ3) is 5.04. The number of sulfonamides is 1. The summed E-state index contributed by atoms with van der Waals surface area (Å²) in [5.74, 6) is -0.503. The zero-order valence-corrected chi connectivity index (χ0v) is 20.0. The number of amides is 1. The molecule has 5 rings (SSSR count). The first kappa shape index (κ1) is 24.8. The van der Waals surface area contributed by atoms with Gasteiger partial charge < -0.3 is 9.73 Å². The van der Waals surface area contributed by atoms with Gasteiger partial charge in [0.25, 0.3) is 10.0 Å². The number of fused-ring (bicyclic) bond motifs is 1. The number of carbonyl (C=O) groups excluding carboxylic acids is 1. The van der Waals surface area contributed by atoms with Crippen molar-refractivity contribution in [3.63, 3.8) is 0 Å². The zero-order chi connectivity index (χ0) is 26.2. The molecular formula is C24H20F3N5O4S. The highest BCUT2D eigenvalue weighted by molar-refractivity contribution is 7.89. The van der Waals surface area contributed by atoms with E-state index in [0.717, 1.165) is 16.6 Å². The molecule has 1 aliphatic heterocycles. The van der Waals surface area contributed by atoms with Gasteiger partial charge in [-0.25, -0.2) is 8.42 Å². The highest BCUT2D eigenvalue weighted by atomic mass is 32.2. The van der Waals surface area contributed by atoms with Crippen molar-refractivity contribution in [2.45, 2.75) is 36.7 Å². The first-order chi connectivity index (χ1) is 17.6. The van der Waals surface area contributed by atoms with Gasteiger partial charge in [-0.15, -0.1) is 0 Å². The molecule has 0 radical (unpaired) electrons. The van der Waals surface area contributed by atoms with Crippen LogP contribution in [0.15, 0.2) is 70.4 Å². The monoisotopic (exact) mass is 531 g/mol. The van der Waals surface area contributed by atoms with Crippen molar-refractivity contribution in [3.05, 3.63) is 72.2 Å². The van der Waals surface area contributed by atoms with Crippen LogP contribution in [-0.4, -0.2) is 46.4 Å². The average Bonchev–Trinajstić information content (AvgIpc) is 3.55. The van der Waals surface area contributed by atoms with Crippen LogP contribution in [0.2, 0.25) is 0 Å². The molecule has 1 aromatic carbocycles. The summed E-state index contributed by atoms with van der Waals surface area (Å²) in [5.41, 5.74) is 0.571. The molecule has 192 valence electrons. The number of rotatable bonds is 6. The van der Waals surface area contributed by atoms with Crippen molar-refractivity contribution in [2.75, 3.05) is 6.54 Å². The van der Waals surface area contributed by atoms with Crippen LogP contribution in [0.5, 0.6) is 0 Å². The molecule has 37 heavy (non-hydrogen) atoms. The molecule has 1 atom stereocenters. The van der Waals surface area contributed by atoms with Gasteiger partial charge in [-0.1, -0.05) is 18.2 Å². The molecule has 0 unspecified atom stereocenters. The second-order valence-corrected chi connectivity index (χ2v) is 10.3. The van der Waals surface area contributed by atoms with E-state index in [1.807, 2.05) is 0 Å². The minimum atomic E-state index is -4.50. The summed E-state index contributed by atoms with van der Waals surface area (Å²) in [7, 11) is -4.05. The highest BCUT2D eigenvalue weighted by Crippen LogP contribution is 2.31. The summed E-state index contributed by atoms with van der Waals surface area (Å²) in [4.78, 5) is 16.8. The first-order valence-corrected chi connectivity index (χ1v) is 12.7. The molecule has 0 aliphatic carbocycles. The van der Waals surface area contributed by atoms with E-state index < -0.39 is 33.7 Å². The third-order valence-corrected chi connectivity index (χ3v) is 7.77. The van der Waals surface area contributed by atoms with E-state index in [-0.39, 0.29) is 23.9 Å². The molecule has 4 aromatic rings. The molecule has 1 saturated heterocycles. The number of benzene rings is 1. The van der Waals surface area contributed by atoms with Crippen LogP contribution in [0.25, 0.3) is 22.2 Å². The number of aromatic nitrogens is 3. The lowest BCUT2D eigenvalue weighted by atomic mass is 10.1. The van der Waals surface area contributed by atoms with E-state index in [0.29, 0.717) is 35.1 Å². The van der Waals surface area contributed by atoms with Gasteiger partial charge in [-0.2, -0.15) is 27.7 Å². The number of hydrogen-bond acceptors (Lipinski definition) is 7. The number of para-hydroxylation sites is 1. The predicted octanol–water partition coefficient (Wildman–Crippen LogP) is 3.77. The van der Waals surface area contributed by atoms with Crippen molar-refractivity contribution < 1.29 is 30.8 Å². The van der Waals surface area contributed by atoms with Gasteiger partial charge in [-0.3, -0.25) is 9.78 Å². The standard InChI is InChI=1S/C24H20F3N5O4S/c25-24(26,27)17-7-8-19(28-13-17)16-10-18(31-30-12-16)14-29-23(33)20-5-3-9-32(20)37(34,35)22-11-15-4-1-2-6-21(15)36-22/h1-2,4,6-8,10-13,20H,3,5,9,14H2,(H,29,33)/t20-/m0/s1. The zero-order valence-electron chi connectivity index (χ0n) is 19.1. The van der Waals surface area contributed by atoms with Crippen LogP contribution in [0.3, 0.4) is 0 Å². The molecule has 1 N–H and O–H groups in total. The molecule has 9 nitrogen and oxygen atoms in total. The number of nitrogens with one attached hydrogen (secondary N) is 1. The van der Waals surface area contributed by atoms with Gasteiger partial charge in [0, 0.05) is 29.8 Å². The molecule has 1 fully saturated rings. The predicted molar refractivity (Wildman–Crippen MR) is 125 cm³/mol. The molecule has 4 heterocycles. The van der Waals surface area contributed by atoms with Gasteiger partial charge in [0.2, 0.25) is 11.0 Å². The lowest BCUT2D eigenvalue weighted by molar-refractivity contribution is -0.137. The minimum absolute atomic E-state index is 0.0602. The fourth-order valence-electron chi connectivity index (χ4n) is 4.16. The van der Waals surface area contributed by atoms with Crippen molar-refractivity contribution in [1.82, 2.24) is 24.8 Å². The maximum Gasteiger partial charge on any atom is 0.417 e. The topological polar surface area (TPSA) is 118 Å². The molecule has 0 spiro atoms. The van der Waals surface area contributed by atoms with Gasteiger partial charge >= 0.3 is 6.18 Å². The van der Waals surface area contributed by atoms with Crippen molar-refractivity contribution in [1.29, 1.82) is 0 Å². The number of nitrogens with zero attached hydrogens (tertiary/aromatic N) is 4. The van der Waals surface area contributed by atoms with Crippen LogP contribution in [0.4, 0.5) is 13.2 Å². The summed E-state index contributed by atoms with van der Waals surface area (Å²) >= 11 is 0.